The van der Waals surface area contributed by atoms with E-state index in [0.29, 0.717) is 46.3 Å². The normalized spacial score (nSPS) is 16.0. The number of nitrogens with one attached hydrogen (secondary N) is 1. The van der Waals surface area contributed by atoms with Gasteiger partial charge >= 0.3 is 0 Å². The Hall–Kier alpha value is -3.28. The van der Waals surface area contributed by atoms with Crippen LogP contribution in [0.2, 0.25) is 5.02 Å². The lowest BCUT2D eigenvalue weighted by Gasteiger charge is -2.25. The minimum absolute atomic E-state index is 0.150. The molecule has 1 saturated heterocycles. The molecule has 0 saturated carbocycles. The van der Waals surface area contributed by atoms with Gasteiger partial charge in [-0.05, 0) is 64.3 Å². The van der Waals surface area contributed by atoms with Crippen LogP contribution >= 0.6 is 11.6 Å². The second kappa shape index (κ2) is 10.7. The first-order chi connectivity index (χ1) is 18.5. The molecule has 1 aromatic carbocycles. The highest BCUT2D eigenvalue weighted by molar-refractivity contribution is 7.92. The van der Waals surface area contributed by atoms with Gasteiger partial charge in [0.1, 0.15) is 17.6 Å². The predicted octanol–water partition coefficient (Wildman–Crippen LogP) is 5.23. The number of nitrogens with zero attached hydrogens (tertiary/aromatic N) is 6. The maximum absolute atomic E-state index is 12.4. The number of fused-ring (bicyclic) bond motifs is 1. The van der Waals surface area contributed by atoms with Gasteiger partial charge in [0.05, 0.1) is 46.1 Å². The number of aromatic nitrogens is 5. The van der Waals surface area contributed by atoms with E-state index in [-0.39, 0.29) is 6.23 Å². The third kappa shape index (κ3) is 5.70. The molecule has 1 aliphatic rings. The lowest BCUT2D eigenvalue weighted by atomic mass is 10.1. The minimum Gasteiger partial charge on any atom is -0.358 e. The van der Waals surface area contributed by atoms with E-state index in [2.05, 4.69) is 14.9 Å². The number of ether oxygens (including phenoxy) is 1. The minimum atomic E-state index is -3.53. The maximum atomic E-state index is 12.4. The van der Waals surface area contributed by atoms with Crippen LogP contribution < -0.4 is 9.62 Å². The van der Waals surface area contributed by atoms with Crippen molar-refractivity contribution in [3.05, 3.63) is 64.1 Å². The first-order valence-corrected chi connectivity index (χ1v) is 15.0. The third-order valence-corrected chi connectivity index (χ3v) is 8.42. The van der Waals surface area contributed by atoms with Crippen LogP contribution in [0.1, 0.15) is 54.1 Å². The molecule has 206 valence electrons. The van der Waals surface area contributed by atoms with Crippen LogP contribution in [-0.4, -0.2) is 52.8 Å². The van der Waals surface area contributed by atoms with Crippen LogP contribution in [-0.2, 0) is 21.2 Å². The molecule has 3 aromatic heterocycles. The average molecular weight is 570 g/mol. The van der Waals surface area contributed by atoms with E-state index in [1.54, 1.807) is 24.4 Å². The highest BCUT2D eigenvalue weighted by Crippen LogP contribution is 2.36. The Bertz CT molecular complexity index is 1650. The fraction of sp³-hybridized carbons (Fsp3) is 0.407. The van der Waals surface area contributed by atoms with Crippen LogP contribution in [0, 0.1) is 20.8 Å². The number of benzene rings is 1. The molecule has 12 heteroatoms. The standard InChI is InChI=1S/C27H32ClN7O3S/c1-16-17(2)30-21(15-29-16)13-20-14-23(33-22-10-9-19(28)12-24(22)34(4)39(5,36)37)26-27(32-20)35(18(3)31-26)25-8-6-7-11-38-25/h9-10,12,14-15,25H,6-8,11,13H2,1-5H3,(H,32,33). The molecule has 10 nitrogen and oxygen atoms in total. The fourth-order valence-corrected chi connectivity index (χ4v) is 5.41. The summed E-state index contributed by atoms with van der Waals surface area (Å²) in [7, 11) is -2.04. The van der Waals surface area contributed by atoms with Crippen molar-refractivity contribution in [2.45, 2.75) is 52.7 Å². The second-order valence-electron chi connectivity index (χ2n) is 9.91. The van der Waals surface area contributed by atoms with Crippen molar-refractivity contribution in [2.75, 3.05) is 29.5 Å². The van der Waals surface area contributed by atoms with Gasteiger partial charge < -0.3 is 10.1 Å². The smallest absolute Gasteiger partial charge is 0.232 e. The molecular weight excluding hydrogens is 538 g/mol. The molecule has 1 aliphatic heterocycles. The monoisotopic (exact) mass is 569 g/mol. The van der Waals surface area contributed by atoms with Gasteiger partial charge in [0.25, 0.3) is 0 Å². The van der Waals surface area contributed by atoms with E-state index in [9.17, 15) is 8.42 Å². The van der Waals surface area contributed by atoms with E-state index >= 15 is 0 Å². The van der Waals surface area contributed by atoms with Crippen molar-refractivity contribution in [3.8, 4) is 0 Å². The summed E-state index contributed by atoms with van der Waals surface area (Å²) < 4.78 is 34.2. The molecule has 0 aliphatic carbocycles. The molecule has 0 bridgehead atoms. The van der Waals surface area contributed by atoms with Crippen LogP contribution in [0.15, 0.2) is 30.5 Å². The molecule has 5 rings (SSSR count). The van der Waals surface area contributed by atoms with Crippen molar-refractivity contribution in [2.24, 2.45) is 0 Å². The van der Waals surface area contributed by atoms with Crippen LogP contribution in [0.3, 0.4) is 0 Å². The number of sulfonamides is 1. The molecule has 39 heavy (non-hydrogen) atoms. The topological polar surface area (TPSA) is 115 Å². The SMILES string of the molecule is Cc1ncc(Cc2cc(Nc3ccc(Cl)cc3N(C)S(C)(=O)=O)c3nc(C)n(C4CCCCO4)c3n2)nc1C. The zero-order chi connectivity index (χ0) is 27.9. The zero-order valence-corrected chi connectivity index (χ0v) is 24.3. The van der Waals surface area contributed by atoms with Crippen molar-refractivity contribution >= 4 is 49.9 Å². The van der Waals surface area contributed by atoms with Crippen molar-refractivity contribution in [1.82, 2.24) is 24.5 Å². The van der Waals surface area contributed by atoms with Crippen molar-refractivity contribution in [3.63, 3.8) is 0 Å². The number of pyridine rings is 1. The average Bonchev–Trinajstić information content (AvgIpc) is 3.22. The predicted molar refractivity (Wildman–Crippen MR) is 153 cm³/mol. The maximum Gasteiger partial charge on any atom is 0.232 e. The summed E-state index contributed by atoms with van der Waals surface area (Å²) in [5.41, 5.74) is 6.37. The number of rotatable bonds is 7. The van der Waals surface area contributed by atoms with Gasteiger partial charge in [0, 0.05) is 31.3 Å². The van der Waals surface area contributed by atoms with Gasteiger partial charge in [0.2, 0.25) is 10.0 Å². The third-order valence-electron chi connectivity index (χ3n) is 6.99. The van der Waals surface area contributed by atoms with Crippen LogP contribution in [0.5, 0.6) is 0 Å². The Balaban J connectivity index is 1.65. The molecular formula is C27H32ClN7O3S. The molecule has 4 heterocycles. The first kappa shape index (κ1) is 27.3. The lowest BCUT2D eigenvalue weighted by Crippen LogP contribution is -2.25. The van der Waals surface area contributed by atoms with Gasteiger partial charge in [-0.1, -0.05) is 11.6 Å². The Morgan fingerprint density at radius 3 is 2.56 bits per heavy atom. The van der Waals surface area contributed by atoms with E-state index < -0.39 is 10.0 Å². The number of halogens is 1. The van der Waals surface area contributed by atoms with Gasteiger partial charge in [-0.3, -0.25) is 18.8 Å². The summed E-state index contributed by atoms with van der Waals surface area (Å²) in [4.78, 5) is 19.0. The van der Waals surface area contributed by atoms with Crippen LogP contribution in [0.25, 0.3) is 11.2 Å². The zero-order valence-electron chi connectivity index (χ0n) is 22.7. The first-order valence-electron chi connectivity index (χ1n) is 12.8. The molecule has 0 amide bonds. The fourth-order valence-electron chi connectivity index (χ4n) is 4.74. The Labute approximate surface area is 233 Å². The summed E-state index contributed by atoms with van der Waals surface area (Å²) in [5.74, 6) is 0.792. The Morgan fingerprint density at radius 2 is 1.87 bits per heavy atom. The van der Waals surface area contributed by atoms with E-state index in [1.807, 2.05) is 26.8 Å². The second-order valence-corrected chi connectivity index (χ2v) is 12.4. The molecule has 0 spiro atoms. The number of hydrogen-bond donors (Lipinski definition) is 1. The highest BCUT2D eigenvalue weighted by atomic mass is 35.5. The summed E-state index contributed by atoms with van der Waals surface area (Å²) >= 11 is 6.26. The van der Waals surface area contributed by atoms with E-state index in [0.717, 1.165) is 54.1 Å². The van der Waals surface area contributed by atoms with E-state index in [1.165, 1.54) is 11.4 Å². The lowest BCUT2D eigenvalue weighted by molar-refractivity contribution is -0.0309. The Morgan fingerprint density at radius 1 is 1.08 bits per heavy atom. The molecule has 1 fully saturated rings. The van der Waals surface area contributed by atoms with Gasteiger partial charge in [0.15, 0.2) is 5.65 Å². The number of aryl methyl sites for hydroxylation is 3. The van der Waals surface area contributed by atoms with Gasteiger partial charge in [-0.25, -0.2) is 18.4 Å². The van der Waals surface area contributed by atoms with Crippen molar-refractivity contribution < 1.29 is 13.2 Å². The van der Waals surface area contributed by atoms with Crippen molar-refractivity contribution in [1.29, 1.82) is 0 Å². The summed E-state index contributed by atoms with van der Waals surface area (Å²) in [6.45, 7) is 6.51. The summed E-state index contributed by atoms with van der Waals surface area (Å²) in [5, 5.41) is 3.85. The summed E-state index contributed by atoms with van der Waals surface area (Å²) in [6.07, 6.45) is 6.22. The Kier molecular flexibility index (Phi) is 7.49. The number of imidazole rings is 1. The quantitative estimate of drug-likeness (QED) is 0.322. The largest absolute Gasteiger partial charge is 0.358 e. The van der Waals surface area contributed by atoms with E-state index in [4.69, 9.17) is 31.3 Å². The van der Waals surface area contributed by atoms with Crippen LogP contribution in [0.4, 0.5) is 17.1 Å². The molecule has 0 radical (unpaired) electrons. The number of anilines is 3. The molecule has 1 unspecified atom stereocenters. The summed E-state index contributed by atoms with van der Waals surface area (Å²) in [6, 6.07) is 7.02. The number of hydrogen-bond acceptors (Lipinski definition) is 8. The van der Waals surface area contributed by atoms with Gasteiger partial charge in [-0.15, -0.1) is 0 Å². The molecule has 4 aromatic rings. The van der Waals surface area contributed by atoms with Gasteiger partial charge in [-0.2, -0.15) is 0 Å². The molecule has 1 N–H and O–H groups in total. The highest BCUT2D eigenvalue weighted by Gasteiger charge is 2.24. The molecule has 1 atom stereocenters.